The number of amides is 1. The van der Waals surface area contributed by atoms with Gasteiger partial charge in [0.25, 0.3) is 0 Å². The molecule has 0 aliphatic carbocycles. The third-order valence-electron chi connectivity index (χ3n) is 6.32. The number of piperidine rings is 1. The molecule has 1 aromatic carbocycles. The molecule has 3 aromatic rings. The molecule has 1 aliphatic rings. The number of imidazole rings is 1. The van der Waals surface area contributed by atoms with E-state index in [0.29, 0.717) is 18.0 Å². The van der Waals surface area contributed by atoms with Crippen LogP contribution in [0.15, 0.2) is 29.1 Å². The third-order valence-corrected chi connectivity index (χ3v) is 6.32. The molecule has 1 fully saturated rings. The fourth-order valence-electron chi connectivity index (χ4n) is 4.60. The van der Waals surface area contributed by atoms with Crippen LogP contribution in [-0.4, -0.2) is 66.9 Å². The van der Waals surface area contributed by atoms with Crippen molar-refractivity contribution in [3.8, 4) is 0 Å². The number of hydrogen-bond acceptors (Lipinski definition) is 6. The van der Waals surface area contributed by atoms with E-state index in [9.17, 15) is 9.59 Å². The number of benzene rings is 1. The average molecular weight is 441 g/mol. The summed E-state index contributed by atoms with van der Waals surface area (Å²) in [6, 6.07) is 7.05. The molecular formula is C22H32N8O2. The molecule has 0 unspecified atom stereocenters. The fraction of sp³-hybridized carbons (Fsp3) is 0.591. The second-order valence-corrected chi connectivity index (χ2v) is 9.60. The van der Waals surface area contributed by atoms with E-state index in [1.807, 2.05) is 38.1 Å². The number of para-hydroxylation sites is 2. The summed E-state index contributed by atoms with van der Waals surface area (Å²) >= 11 is 0. The van der Waals surface area contributed by atoms with Crippen LogP contribution in [0.3, 0.4) is 0 Å². The first-order valence-electron chi connectivity index (χ1n) is 11.2. The van der Waals surface area contributed by atoms with Gasteiger partial charge in [-0.2, -0.15) is 5.21 Å². The normalized spacial score (nSPS) is 16.2. The molecule has 4 rings (SSSR count). The number of carbonyl (C=O) groups excluding carboxylic acids is 1. The van der Waals surface area contributed by atoms with Crippen LogP contribution < -0.4 is 11.0 Å². The van der Waals surface area contributed by atoms with Gasteiger partial charge in [-0.05, 0) is 57.8 Å². The molecule has 1 amide bonds. The minimum absolute atomic E-state index is 0.0255. The summed E-state index contributed by atoms with van der Waals surface area (Å²) in [5, 5.41) is 17.5. The number of carbonyl (C=O) groups is 1. The Morgan fingerprint density at radius 2 is 1.91 bits per heavy atom. The highest BCUT2D eigenvalue weighted by molar-refractivity contribution is 5.89. The number of nitrogens with zero attached hydrogens (tertiary/aromatic N) is 6. The predicted octanol–water partition coefficient (Wildman–Crippen LogP) is 2.14. The number of aromatic amines is 1. The summed E-state index contributed by atoms with van der Waals surface area (Å²) in [5.41, 5.74) is 0.944. The van der Waals surface area contributed by atoms with Crippen LogP contribution in [-0.2, 0) is 5.41 Å². The summed E-state index contributed by atoms with van der Waals surface area (Å²) in [6.45, 7) is 11.5. The molecule has 0 bridgehead atoms. The monoisotopic (exact) mass is 440 g/mol. The maximum atomic E-state index is 12.9. The topological polar surface area (TPSA) is 114 Å². The van der Waals surface area contributed by atoms with Crippen LogP contribution in [0.2, 0.25) is 0 Å². The number of fused-ring (bicyclic) bond motifs is 1. The zero-order valence-electron chi connectivity index (χ0n) is 19.2. The van der Waals surface area contributed by atoms with Crippen molar-refractivity contribution in [3.05, 3.63) is 40.6 Å². The number of H-pyrrole nitrogens is 1. The largest absolute Gasteiger partial charge is 0.337 e. The van der Waals surface area contributed by atoms with Gasteiger partial charge in [0.15, 0.2) is 5.82 Å². The Morgan fingerprint density at radius 1 is 1.22 bits per heavy atom. The van der Waals surface area contributed by atoms with E-state index in [0.717, 1.165) is 43.8 Å². The van der Waals surface area contributed by atoms with Crippen molar-refractivity contribution in [2.45, 2.75) is 52.0 Å². The summed E-state index contributed by atoms with van der Waals surface area (Å²) in [7, 11) is 0. The Bertz CT molecular complexity index is 1120. The van der Waals surface area contributed by atoms with Crippen molar-refractivity contribution in [2.75, 3.05) is 26.2 Å². The molecule has 0 saturated carbocycles. The second kappa shape index (κ2) is 8.85. The lowest BCUT2D eigenvalue weighted by Gasteiger charge is -2.36. The zero-order chi connectivity index (χ0) is 22.9. The predicted molar refractivity (Wildman–Crippen MR) is 122 cm³/mol. The molecule has 1 aliphatic heterocycles. The third kappa shape index (κ3) is 4.32. The molecule has 32 heavy (non-hydrogen) atoms. The molecule has 172 valence electrons. The highest BCUT2D eigenvalue weighted by Crippen LogP contribution is 2.24. The van der Waals surface area contributed by atoms with E-state index in [-0.39, 0.29) is 23.2 Å². The zero-order valence-corrected chi connectivity index (χ0v) is 19.2. The molecular weight excluding hydrogens is 408 g/mol. The Morgan fingerprint density at radius 3 is 2.53 bits per heavy atom. The van der Waals surface area contributed by atoms with E-state index < -0.39 is 0 Å². The van der Waals surface area contributed by atoms with Gasteiger partial charge >= 0.3 is 11.7 Å². The van der Waals surface area contributed by atoms with Gasteiger partial charge in [0, 0.05) is 24.5 Å². The molecule has 1 saturated heterocycles. The molecule has 0 atom stereocenters. The molecule has 2 aromatic heterocycles. The number of likely N-dealkylation sites (tertiary alicyclic amines) is 1. The molecule has 10 nitrogen and oxygen atoms in total. The Hall–Kier alpha value is -3.01. The van der Waals surface area contributed by atoms with E-state index in [2.05, 4.69) is 44.7 Å². The fourth-order valence-corrected chi connectivity index (χ4v) is 4.60. The lowest BCUT2D eigenvalue weighted by Crippen LogP contribution is -2.45. The number of tetrazole rings is 1. The van der Waals surface area contributed by atoms with Gasteiger partial charge in [-0.1, -0.05) is 31.2 Å². The van der Waals surface area contributed by atoms with Gasteiger partial charge in [0.05, 0.1) is 11.0 Å². The van der Waals surface area contributed by atoms with Crippen molar-refractivity contribution >= 4 is 17.1 Å². The van der Waals surface area contributed by atoms with Crippen molar-refractivity contribution in [2.24, 2.45) is 5.92 Å². The first-order valence-corrected chi connectivity index (χ1v) is 11.2. The first kappa shape index (κ1) is 22.2. The van der Waals surface area contributed by atoms with Crippen molar-refractivity contribution in [1.29, 1.82) is 0 Å². The van der Waals surface area contributed by atoms with Crippen LogP contribution in [0, 0.1) is 5.92 Å². The van der Waals surface area contributed by atoms with Gasteiger partial charge in [0.1, 0.15) is 0 Å². The van der Waals surface area contributed by atoms with Crippen molar-refractivity contribution in [1.82, 2.24) is 40.0 Å². The molecule has 3 heterocycles. The standard InChI is InChI=1S/C22H32N8O2/c1-15(2)29-17-7-5-6-8-18(17)30(21(29)32)20(31)23-13-16-9-11-28(12-10-16)14-22(3,4)19-24-26-27-25-19/h5-8,15-16H,9-14H2,1-4H3,(H,23,31)(H,24,25,26,27). The van der Waals surface area contributed by atoms with Crippen LogP contribution in [0.1, 0.15) is 52.4 Å². The minimum atomic E-state index is -0.355. The summed E-state index contributed by atoms with van der Waals surface area (Å²) < 4.78 is 2.93. The average Bonchev–Trinajstić information content (AvgIpc) is 3.39. The summed E-state index contributed by atoms with van der Waals surface area (Å²) in [6.07, 6.45) is 1.98. The Kier molecular flexibility index (Phi) is 6.14. The lowest BCUT2D eigenvalue weighted by molar-refractivity contribution is 0.152. The van der Waals surface area contributed by atoms with Gasteiger partial charge in [-0.15, -0.1) is 10.2 Å². The van der Waals surface area contributed by atoms with Gasteiger partial charge in [-0.25, -0.2) is 14.2 Å². The minimum Gasteiger partial charge on any atom is -0.337 e. The van der Waals surface area contributed by atoms with Gasteiger partial charge in [-0.3, -0.25) is 4.57 Å². The number of hydrogen-bond donors (Lipinski definition) is 2. The maximum Gasteiger partial charge on any atom is 0.337 e. The quantitative estimate of drug-likeness (QED) is 0.607. The highest BCUT2D eigenvalue weighted by Gasteiger charge is 2.30. The molecule has 10 heteroatoms. The van der Waals surface area contributed by atoms with Crippen LogP contribution >= 0.6 is 0 Å². The van der Waals surface area contributed by atoms with Crippen molar-refractivity contribution in [3.63, 3.8) is 0 Å². The van der Waals surface area contributed by atoms with E-state index in [1.54, 1.807) is 4.57 Å². The van der Waals surface area contributed by atoms with E-state index in [4.69, 9.17) is 0 Å². The highest BCUT2D eigenvalue weighted by atomic mass is 16.2. The molecule has 2 N–H and O–H groups in total. The SMILES string of the molecule is CC(C)n1c(=O)n(C(=O)NCC2CCN(CC(C)(C)c3nn[nH]n3)CC2)c2ccccc21. The molecule has 0 spiro atoms. The Labute approximate surface area is 187 Å². The lowest BCUT2D eigenvalue weighted by atomic mass is 9.89. The van der Waals surface area contributed by atoms with E-state index in [1.165, 1.54) is 4.57 Å². The Balaban J connectivity index is 1.35. The van der Waals surface area contributed by atoms with Crippen LogP contribution in [0.5, 0.6) is 0 Å². The summed E-state index contributed by atoms with van der Waals surface area (Å²) in [5.74, 6) is 1.11. The summed E-state index contributed by atoms with van der Waals surface area (Å²) in [4.78, 5) is 28.3. The molecule has 0 radical (unpaired) electrons. The number of aromatic nitrogens is 6. The van der Waals surface area contributed by atoms with E-state index >= 15 is 0 Å². The van der Waals surface area contributed by atoms with Gasteiger partial charge in [0.2, 0.25) is 0 Å². The van der Waals surface area contributed by atoms with Crippen LogP contribution in [0.4, 0.5) is 4.79 Å². The number of nitrogens with one attached hydrogen (secondary N) is 2. The second-order valence-electron chi connectivity index (χ2n) is 9.60. The van der Waals surface area contributed by atoms with Gasteiger partial charge < -0.3 is 10.2 Å². The first-order chi connectivity index (χ1) is 15.3. The van der Waals surface area contributed by atoms with Crippen LogP contribution in [0.25, 0.3) is 11.0 Å². The smallest absolute Gasteiger partial charge is 0.337 e. The number of rotatable bonds is 6. The maximum absolute atomic E-state index is 12.9. The van der Waals surface area contributed by atoms with Crippen molar-refractivity contribution < 1.29 is 4.79 Å².